The van der Waals surface area contributed by atoms with Gasteiger partial charge in [0, 0.05) is 0 Å². The van der Waals surface area contributed by atoms with Gasteiger partial charge in [0.05, 0.1) is 6.54 Å². The molecular formula is C4H4NO2. The molecule has 1 amide bonds. The summed E-state index contributed by atoms with van der Waals surface area (Å²) >= 11 is 0. The number of hydrogen-bond donors (Lipinski definition) is 2. The number of amides is 1. The zero-order valence-corrected chi connectivity index (χ0v) is 3.56. The van der Waals surface area contributed by atoms with E-state index in [1.807, 2.05) is 11.2 Å². The summed E-state index contributed by atoms with van der Waals surface area (Å²) in [6.07, 6.45) is 5.09. The van der Waals surface area contributed by atoms with Crippen molar-refractivity contribution in [3.05, 3.63) is 6.42 Å². The molecule has 3 nitrogen and oxygen atoms in total. The zero-order valence-electron chi connectivity index (χ0n) is 3.56. The molecule has 0 rings (SSSR count). The fourth-order valence-corrected chi connectivity index (χ4v) is 0.120. The first-order valence-corrected chi connectivity index (χ1v) is 1.63. The fraction of sp³-hybridized carbons (Fsp3) is 0.250. The van der Waals surface area contributed by atoms with Crippen molar-refractivity contribution in [2.45, 2.75) is 0 Å². The van der Waals surface area contributed by atoms with E-state index in [1.165, 1.54) is 0 Å². The molecule has 0 spiro atoms. The minimum atomic E-state index is -1.13. The summed E-state index contributed by atoms with van der Waals surface area (Å²) in [6, 6.07) is 0. The van der Waals surface area contributed by atoms with Crippen molar-refractivity contribution in [3.8, 4) is 5.92 Å². The van der Waals surface area contributed by atoms with Gasteiger partial charge in [-0.2, -0.15) is 0 Å². The Kier molecular flexibility index (Phi) is 2.53. The minimum absolute atomic E-state index is 0.0324. The number of rotatable bonds is 1. The molecule has 0 saturated heterocycles. The minimum Gasteiger partial charge on any atom is -0.465 e. The first-order chi connectivity index (χ1) is 3.27. The number of nitrogens with one attached hydrogen (secondary N) is 1. The predicted octanol–water partition coefficient (Wildman–Crippen LogP) is -0.156. The first-order valence-electron chi connectivity index (χ1n) is 1.63. The van der Waals surface area contributed by atoms with Crippen molar-refractivity contribution < 1.29 is 9.90 Å². The molecule has 0 heterocycles. The molecule has 0 aromatic rings. The van der Waals surface area contributed by atoms with E-state index in [2.05, 4.69) is 0 Å². The van der Waals surface area contributed by atoms with Crippen molar-refractivity contribution in [1.29, 1.82) is 0 Å². The molecular weight excluding hydrogens is 94.0 g/mol. The molecule has 1 radical (unpaired) electrons. The van der Waals surface area contributed by atoms with Crippen LogP contribution in [0.3, 0.4) is 0 Å². The molecule has 0 unspecified atom stereocenters. The van der Waals surface area contributed by atoms with Crippen LogP contribution in [-0.4, -0.2) is 17.7 Å². The quantitative estimate of drug-likeness (QED) is 0.448. The van der Waals surface area contributed by atoms with Crippen molar-refractivity contribution in [1.82, 2.24) is 5.32 Å². The lowest BCUT2D eigenvalue weighted by molar-refractivity contribution is 0.196. The molecule has 3 heteroatoms. The van der Waals surface area contributed by atoms with Crippen molar-refractivity contribution in [2.24, 2.45) is 0 Å². The average molecular weight is 98.1 g/mol. The number of carboxylic acid groups (broad SMARTS) is 1. The van der Waals surface area contributed by atoms with E-state index in [1.54, 1.807) is 0 Å². The van der Waals surface area contributed by atoms with E-state index in [9.17, 15) is 4.79 Å². The summed E-state index contributed by atoms with van der Waals surface area (Å²) in [5, 5.41) is 9.72. The van der Waals surface area contributed by atoms with Crippen LogP contribution in [0.15, 0.2) is 0 Å². The Morgan fingerprint density at radius 2 is 2.57 bits per heavy atom. The van der Waals surface area contributed by atoms with Crippen molar-refractivity contribution in [3.63, 3.8) is 0 Å². The molecule has 0 aromatic heterocycles. The maximum atomic E-state index is 9.52. The number of hydrogen-bond acceptors (Lipinski definition) is 1. The number of carbonyl (C=O) groups is 1. The van der Waals surface area contributed by atoms with Gasteiger partial charge in [-0.05, 0) is 6.42 Å². The summed E-state index contributed by atoms with van der Waals surface area (Å²) < 4.78 is 0. The smallest absolute Gasteiger partial charge is 0.405 e. The van der Waals surface area contributed by atoms with Gasteiger partial charge in [-0.3, -0.25) is 0 Å². The molecule has 2 N–H and O–H groups in total. The van der Waals surface area contributed by atoms with Gasteiger partial charge in [0.25, 0.3) is 0 Å². The highest BCUT2D eigenvalue weighted by Crippen LogP contribution is 1.55. The summed E-state index contributed by atoms with van der Waals surface area (Å²) in [4.78, 5) is 9.52. The highest BCUT2D eigenvalue weighted by atomic mass is 16.4. The van der Waals surface area contributed by atoms with Gasteiger partial charge < -0.3 is 10.4 Å². The molecule has 0 aliphatic rings. The predicted molar refractivity (Wildman–Crippen MR) is 23.2 cm³/mol. The van der Waals surface area contributed by atoms with Crippen LogP contribution in [0.1, 0.15) is 0 Å². The summed E-state index contributed by atoms with van der Waals surface area (Å²) in [6.45, 7) is -0.0324. The lowest BCUT2D eigenvalue weighted by atomic mass is 10.7. The van der Waals surface area contributed by atoms with Crippen LogP contribution in [0, 0.1) is 12.3 Å². The van der Waals surface area contributed by atoms with Gasteiger partial charge in [0.2, 0.25) is 0 Å². The fourth-order valence-electron chi connectivity index (χ4n) is 0.120. The molecule has 7 heavy (non-hydrogen) atoms. The van der Waals surface area contributed by atoms with E-state index >= 15 is 0 Å². The third-order valence-corrected chi connectivity index (χ3v) is 0.328. The Morgan fingerprint density at radius 1 is 2.00 bits per heavy atom. The van der Waals surface area contributed by atoms with E-state index in [0.717, 1.165) is 0 Å². The average Bonchev–Trinajstić information content (AvgIpc) is 1.61. The zero-order chi connectivity index (χ0) is 5.70. The first kappa shape index (κ1) is 5.83. The SMILES string of the molecule is [C]#CCNC(=O)O. The van der Waals surface area contributed by atoms with Gasteiger partial charge in [0.1, 0.15) is 0 Å². The molecule has 0 saturated carbocycles. The van der Waals surface area contributed by atoms with Crippen LogP contribution in [-0.2, 0) is 0 Å². The van der Waals surface area contributed by atoms with Crippen LogP contribution in [0.2, 0.25) is 0 Å². The third-order valence-electron chi connectivity index (χ3n) is 0.328. The van der Waals surface area contributed by atoms with Gasteiger partial charge in [0.15, 0.2) is 0 Å². The Labute approximate surface area is 41.3 Å². The van der Waals surface area contributed by atoms with Crippen LogP contribution < -0.4 is 5.32 Å². The second-order valence-corrected chi connectivity index (χ2v) is 0.835. The summed E-state index contributed by atoms with van der Waals surface area (Å²) in [5.74, 6) is 1.86. The van der Waals surface area contributed by atoms with Crippen LogP contribution >= 0.6 is 0 Å². The van der Waals surface area contributed by atoms with Gasteiger partial charge in [-0.15, -0.1) is 0 Å². The standard InChI is InChI=1S/C4H4NO2/c1-2-3-5-4(6)7/h5H,3H2,(H,6,7). The van der Waals surface area contributed by atoms with Gasteiger partial charge >= 0.3 is 6.09 Å². The molecule has 0 aliphatic carbocycles. The van der Waals surface area contributed by atoms with Crippen molar-refractivity contribution >= 4 is 6.09 Å². The monoisotopic (exact) mass is 98.0 g/mol. The second kappa shape index (κ2) is 3.04. The molecule has 0 aliphatic heterocycles. The Bertz CT molecular complexity index is 103. The molecule has 0 aromatic carbocycles. The van der Waals surface area contributed by atoms with E-state index < -0.39 is 6.09 Å². The lowest BCUT2D eigenvalue weighted by Gasteiger charge is -1.86. The molecule has 37 valence electrons. The van der Waals surface area contributed by atoms with Crippen LogP contribution in [0.25, 0.3) is 0 Å². The maximum absolute atomic E-state index is 9.52. The molecule has 0 atom stereocenters. The molecule has 0 fully saturated rings. The van der Waals surface area contributed by atoms with Gasteiger partial charge in [-0.25, -0.2) is 4.79 Å². The van der Waals surface area contributed by atoms with Crippen LogP contribution in [0.5, 0.6) is 0 Å². The van der Waals surface area contributed by atoms with E-state index in [4.69, 9.17) is 11.5 Å². The normalized spacial score (nSPS) is 6.71. The van der Waals surface area contributed by atoms with Gasteiger partial charge in [-0.1, -0.05) is 5.92 Å². The van der Waals surface area contributed by atoms with E-state index in [0.29, 0.717) is 0 Å². The van der Waals surface area contributed by atoms with Crippen molar-refractivity contribution in [2.75, 3.05) is 6.54 Å². The molecule has 0 bridgehead atoms. The summed E-state index contributed by atoms with van der Waals surface area (Å²) in [5.41, 5.74) is 0. The Morgan fingerprint density at radius 3 is 2.71 bits per heavy atom. The van der Waals surface area contributed by atoms with Crippen LogP contribution in [0.4, 0.5) is 4.79 Å². The third kappa shape index (κ3) is 4.83. The highest BCUT2D eigenvalue weighted by Gasteiger charge is 1.85. The Balaban J connectivity index is 3.02. The second-order valence-electron chi connectivity index (χ2n) is 0.835. The summed E-state index contributed by atoms with van der Waals surface area (Å²) in [7, 11) is 0. The topological polar surface area (TPSA) is 49.3 Å². The lowest BCUT2D eigenvalue weighted by Crippen LogP contribution is -2.20. The largest absolute Gasteiger partial charge is 0.465 e. The van der Waals surface area contributed by atoms with E-state index in [-0.39, 0.29) is 6.54 Å². The highest BCUT2D eigenvalue weighted by molar-refractivity contribution is 5.64. The Hall–Kier alpha value is -1.17. The maximum Gasteiger partial charge on any atom is 0.405 e.